The van der Waals surface area contributed by atoms with E-state index in [4.69, 9.17) is 5.73 Å². The summed E-state index contributed by atoms with van der Waals surface area (Å²) in [6.07, 6.45) is 0.517. The second-order valence-corrected chi connectivity index (χ2v) is 9.16. The summed E-state index contributed by atoms with van der Waals surface area (Å²) in [6.45, 7) is 0.171. The summed E-state index contributed by atoms with van der Waals surface area (Å²) >= 11 is 0. The van der Waals surface area contributed by atoms with E-state index in [0.717, 1.165) is 0 Å². The fourth-order valence-corrected chi connectivity index (χ4v) is 5.30. The van der Waals surface area contributed by atoms with Gasteiger partial charge in [0.15, 0.2) is 9.84 Å². The van der Waals surface area contributed by atoms with Crippen LogP contribution in [0.1, 0.15) is 12.0 Å². The lowest BCUT2D eigenvalue weighted by Crippen LogP contribution is -2.30. The lowest BCUT2D eigenvalue weighted by molar-refractivity contribution is 0.542. The molecule has 1 saturated heterocycles. The van der Waals surface area contributed by atoms with E-state index in [1.54, 1.807) is 24.3 Å². The summed E-state index contributed by atoms with van der Waals surface area (Å²) < 4.78 is 48.9. The van der Waals surface area contributed by atoms with Gasteiger partial charge in [0.05, 0.1) is 17.3 Å². The van der Waals surface area contributed by atoms with Crippen molar-refractivity contribution in [2.24, 2.45) is 5.92 Å². The Balaban J connectivity index is 1.92. The number of rotatable bonds is 5. The largest absolute Gasteiger partial charge is 0.399 e. The highest BCUT2D eigenvalue weighted by Crippen LogP contribution is 2.18. The first-order valence-electron chi connectivity index (χ1n) is 6.28. The minimum Gasteiger partial charge on any atom is -0.399 e. The molecule has 112 valence electrons. The molecule has 1 aromatic rings. The lowest BCUT2D eigenvalue weighted by atomic mass is 10.1. The molecule has 0 aliphatic carbocycles. The highest BCUT2D eigenvalue weighted by molar-refractivity contribution is 7.91. The molecule has 0 aromatic heterocycles. The number of nitrogen functional groups attached to an aromatic ring is 1. The molecule has 0 spiro atoms. The van der Waals surface area contributed by atoms with Gasteiger partial charge in [-0.15, -0.1) is 0 Å². The van der Waals surface area contributed by atoms with Gasteiger partial charge < -0.3 is 5.73 Å². The molecular formula is C12H18N2O4S2. The predicted molar refractivity (Wildman–Crippen MR) is 78.2 cm³/mol. The molecule has 3 N–H and O–H groups in total. The zero-order chi connectivity index (χ0) is 14.8. The first kappa shape index (κ1) is 15.3. The van der Waals surface area contributed by atoms with Gasteiger partial charge in [-0.2, -0.15) is 0 Å². The summed E-state index contributed by atoms with van der Waals surface area (Å²) in [5, 5.41) is 0. The quantitative estimate of drug-likeness (QED) is 0.750. The van der Waals surface area contributed by atoms with Crippen LogP contribution in [0, 0.1) is 5.92 Å². The van der Waals surface area contributed by atoms with Gasteiger partial charge >= 0.3 is 0 Å². The monoisotopic (exact) mass is 318 g/mol. The van der Waals surface area contributed by atoms with E-state index >= 15 is 0 Å². The van der Waals surface area contributed by atoms with E-state index in [2.05, 4.69) is 4.72 Å². The smallest absolute Gasteiger partial charge is 0.215 e. The molecule has 1 aliphatic rings. The minimum absolute atomic E-state index is 0.0633. The van der Waals surface area contributed by atoms with Crippen LogP contribution < -0.4 is 10.5 Å². The van der Waals surface area contributed by atoms with Crippen molar-refractivity contribution in [3.05, 3.63) is 29.8 Å². The molecule has 1 unspecified atom stereocenters. The normalized spacial score (nSPS) is 21.9. The number of hydrogen-bond donors (Lipinski definition) is 2. The average Bonchev–Trinajstić information content (AvgIpc) is 2.66. The zero-order valence-electron chi connectivity index (χ0n) is 10.9. The van der Waals surface area contributed by atoms with Gasteiger partial charge in [0, 0.05) is 12.2 Å². The first-order valence-corrected chi connectivity index (χ1v) is 9.75. The fourth-order valence-electron chi connectivity index (χ4n) is 2.23. The lowest BCUT2D eigenvalue weighted by Gasteiger charge is -2.10. The van der Waals surface area contributed by atoms with Gasteiger partial charge in [0.1, 0.15) is 0 Å². The number of sulfone groups is 1. The van der Waals surface area contributed by atoms with Crippen molar-refractivity contribution in [3.8, 4) is 0 Å². The number of anilines is 1. The molecular weight excluding hydrogens is 300 g/mol. The minimum atomic E-state index is -3.48. The SMILES string of the molecule is Nc1cccc(CS(=O)(=O)NCC2CCS(=O)(=O)C2)c1. The van der Waals surface area contributed by atoms with E-state index in [1.165, 1.54) is 0 Å². The maximum absolute atomic E-state index is 11.9. The molecule has 1 atom stereocenters. The molecule has 0 saturated carbocycles. The van der Waals surface area contributed by atoms with Crippen LogP contribution in [0.4, 0.5) is 5.69 Å². The zero-order valence-corrected chi connectivity index (χ0v) is 12.6. The topological polar surface area (TPSA) is 106 Å². The van der Waals surface area contributed by atoms with E-state index in [1.807, 2.05) is 0 Å². The van der Waals surface area contributed by atoms with E-state index < -0.39 is 19.9 Å². The molecule has 8 heteroatoms. The molecule has 1 fully saturated rings. The molecule has 1 aromatic carbocycles. The van der Waals surface area contributed by atoms with Crippen molar-refractivity contribution < 1.29 is 16.8 Å². The molecule has 0 radical (unpaired) electrons. The fraction of sp³-hybridized carbons (Fsp3) is 0.500. The van der Waals surface area contributed by atoms with Crippen LogP contribution >= 0.6 is 0 Å². The van der Waals surface area contributed by atoms with Gasteiger partial charge in [-0.25, -0.2) is 21.6 Å². The Morgan fingerprint density at radius 3 is 2.70 bits per heavy atom. The summed E-state index contributed by atoms with van der Waals surface area (Å²) in [5.74, 6) is -0.0736. The van der Waals surface area contributed by atoms with Crippen molar-refractivity contribution >= 4 is 25.5 Å². The van der Waals surface area contributed by atoms with Crippen LogP contribution in [0.3, 0.4) is 0 Å². The maximum atomic E-state index is 11.9. The van der Waals surface area contributed by atoms with Crippen molar-refractivity contribution in [1.82, 2.24) is 4.72 Å². The molecule has 6 nitrogen and oxygen atoms in total. The third kappa shape index (κ3) is 4.46. The number of hydrogen-bond acceptors (Lipinski definition) is 5. The highest BCUT2D eigenvalue weighted by Gasteiger charge is 2.28. The Labute approximate surface area is 119 Å². The van der Waals surface area contributed by atoms with Crippen LogP contribution in [-0.2, 0) is 25.6 Å². The van der Waals surface area contributed by atoms with E-state index in [9.17, 15) is 16.8 Å². The number of nitrogens with one attached hydrogen (secondary N) is 1. The van der Waals surface area contributed by atoms with Crippen LogP contribution in [0.15, 0.2) is 24.3 Å². The molecule has 0 bridgehead atoms. The Kier molecular flexibility index (Phi) is 4.36. The standard InChI is InChI=1S/C12H18N2O4S2/c13-12-3-1-2-10(6-12)9-20(17,18)14-7-11-4-5-19(15,16)8-11/h1-3,6,11,14H,4-5,7-9,13H2. The van der Waals surface area contributed by atoms with Gasteiger partial charge in [-0.3, -0.25) is 0 Å². The van der Waals surface area contributed by atoms with Gasteiger partial charge in [-0.1, -0.05) is 12.1 Å². The van der Waals surface area contributed by atoms with E-state index in [-0.39, 0.29) is 29.7 Å². The van der Waals surface area contributed by atoms with Crippen molar-refractivity contribution in [2.75, 3.05) is 23.8 Å². The number of sulfonamides is 1. The van der Waals surface area contributed by atoms with Crippen molar-refractivity contribution in [3.63, 3.8) is 0 Å². The van der Waals surface area contributed by atoms with Crippen molar-refractivity contribution in [1.29, 1.82) is 0 Å². The Morgan fingerprint density at radius 1 is 1.35 bits per heavy atom. The summed E-state index contributed by atoms with van der Waals surface area (Å²) in [6, 6.07) is 6.69. The second-order valence-electron chi connectivity index (χ2n) is 5.12. The molecule has 2 rings (SSSR count). The van der Waals surface area contributed by atoms with Crippen LogP contribution in [0.2, 0.25) is 0 Å². The molecule has 0 amide bonds. The Morgan fingerprint density at radius 2 is 2.10 bits per heavy atom. The Hall–Kier alpha value is -1.12. The number of nitrogens with two attached hydrogens (primary N) is 1. The maximum Gasteiger partial charge on any atom is 0.215 e. The van der Waals surface area contributed by atoms with Crippen LogP contribution in [0.25, 0.3) is 0 Å². The molecule has 20 heavy (non-hydrogen) atoms. The van der Waals surface area contributed by atoms with Crippen LogP contribution in [0.5, 0.6) is 0 Å². The predicted octanol–water partition coefficient (Wildman–Crippen LogP) is 0.123. The first-order chi connectivity index (χ1) is 9.26. The Bertz CT molecular complexity index is 683. The average molecular weight is 318 g/mol. The van der Waals surface area contributed by atoms with E-state index in [0.29, 0.717) is 17.7 Å². The molecule has 1 heterocycles. The number of benzene rings is 1. The van der Waals surface area contributed by atoms with Gasteiger partial charge in [0.25, 0.3) is 0 Å². The molecule has 1 aliphatic heterocycles. The van der Waals surface area contributed by atoms with Gasteiger partial charge in [0.2, 0.25) is 10.0 Å². The summed E-state index contributed by atoms with van der Waals surface area (Å²) in [4.78, 5) is 0. The second kappa shape index (κ2) is 5.71. The van der Waals surface area contributed by atoms with Crippen molar-refractivity contribution in [2.45, 2.75) is 12.2 Å². The highest BCUT2D eigenvalue weighted by atomic mass is 32.2. The third-order valence-corrected chi connectivity index (χ3v) is 6.38. The van der Waals surface area contributed by atoms with Gasteiger partial charge in [-0.05, 0) is 30.0 Å². The third-order valence-electron chi connectivity index (χ3n) is 3.23. The summed E-state index contributed by atoms with van der Waals surface area (Å²) in [5.41, 5.74) is 6.72. The van der Waals surface area contributed by atoms with Crippen LogP contribution in [-0.4, -0.2) is 34.9 Å². The summed E-state index contributed by atoms with van der Waals surface area (Å²) in [7, 11) is -6.46.